The topological polar surface area (TPSA) is 78.5 Å². The van der Waals surface area contributed by atoms with E-state index in [2.05, 4.69) is 17.6 Å². The summed E-state index contributed by atoms with van der Waals surface area (Å²) in [6.45, 7) is 5.21. The van der Waals surface area contributed by atoms with Gasteiger partial charge >= 0.3 is 0 Å². The number of nitrogens with zero attached hydrogens (tertiary/aromatic N) is 1. The van der Waals surface area contributed by atoms with Crippen molar-refractivity contribution in [3.8, 4) is 0 Å². The largest absolute Gasteiger partial charge is 0.355 e. The molecule has 6 nitrogen and oxygen atoms in total. The second-order valence-electron chi connectivity index (χ2n) is 6.03. The number of carbonyl (C=O) groups excluding carboxylic acids is 1. The summed E-state index contributed by atoms with van der Waals surface area (Å²) in [4.78, 5) is 12.5. The Morgan fingerprint density at radius 3 is 2.36 bits per heavy atom. The van der Waals surface area contributed by atoms with E-state index in [0.29, 0.717) is 37.4 Å². The molecule has 0 unspecified atom stereocenters. The Labute approximate surface area is 156 Å². The van der Waals surface area contributed by atoms with E-state index in [1.54, 1.807) is 30.3 Å². The zero-order valence-electron chi connectivity index (χ0n) is 14.6. The summed E-state index contributed by atoms with van der Waals surface area (Å²) < 4.78 is 26.6. The van der Waals surface area contributed by atoms with Crippen molar-refractivity contribution < 1.29 is 13.2 Å². The number of amides is 1. The van der Waals surface area contributed by atoms with E-state index >= 15 is 0 Å². The van der Waals surface area contributed by atoms with Gasteiger partial charge < -0.3 is 10.6 Å². The van der Waals surface area contributed by atoms with Crippen molar-refractivity contribution in [3.63, 3.8) is 0 Å². The minimum atomic E-state index is -3.45. The van der Waals surface area contributed by atoms with Crippen molar-refractivity contribution in [3.05, 3.63) is 30.3 Å². The minimum absolute atomic E-state index is 0. The minimum Gasteiger partial charge on any atom is -0.355 e. The molecule has 142 valence electrons. The molecule has 25 heavy (non-hydrogen) atoms. The van der Waals surface area contributed by atoms with Crippen molar-refractivity contribution in [1.29, 1.82) is 0 Å². The van der Waals surface area contributed by atoms with Crippen LogP contribution in [0.25, 0.3) is 0 Å². The molecular formula is C17H28ClN3O3S. The maximum Gasteiger partial charge on any atom is 0.243 e. The molecule has 0 aromatic heterocycles. The van der Waals surface area contributed by atoms with Crippen LogP contribution in [0.2, 0.25) is 0 Å². The number of nitrogens with one attached hydrogen (secondary N) is 2. The molecule has 1 aliphatic heterocycles. The highest BCUT2D eigenvalue weighted by Gasteiger charge is 2.31. The van der Waals surface area contributed by atoms with Crippen molar-refractivity contribution in [2.45, 2.75) is 31.1 Å². The van der Waals surface area contributed by atoms with Crippen LogP contribution in [-0.4, -0.2) is 51.4 Å². The lowest BCUT2D eigenvalue weighted by Crippen LogP contribution is -2.44. The quantitative estimate of drug-likeness (QED) is 0.662. The average molecular weight is 390 g/mol. The van der Waals surface area contributed by atoms with E-state index < -0.39 is 10.0 Å². The Hall–Kier alpha value is -1.15. The lowest BCUT2D eigenvalue weighted by molar-refractivity contribution is -0.126. The molecule has 1 amide bonds. The van der Waals surface area contributed by atoms with Crippen molar-refractivity contribution in [1.82, 2.24) is 14.9 Å². The Balaban J connectivity index is 0.00000312. The van der Waals surface area contributed by atoms with Crippen molar-refractivity contribution >= 4 is 28.3 Å². The summed E-state index contributed by atoms with van der Waals surface area (Å²) in [6, 6.07) is 8.46. The van der Waals surface area contributed by atoms with E-state index in [-0.39, 0.29) is 24.2 Å². The van der Waals surface area contributed by atoms with E-state index in [1.165, 1.54) is 4.31 Å². The van der Waals surface area contributed by atoms with Crippen LogP contribution in [0.3, 0.4) is 0 Å². The fourth-order valence-corrected chi connectivity index (χ4v) is 4.31. The van der Waals surface area contributed by atoms with Gasteiger partial charge in [0.1, 0.15) is 0 Å². The molecule has 1 fully saturated rings. The monoisotopic (exact) mass is 389 g/mol. The molecule has 0 saturated carbocycles. The number of hydrogen-bond donors (Lipinski definition) is 2. The molecule has 8 heteroatoms. The number of halogens is 1. The highest BCUT2D eigenvalue weighted by molar-refractivity contribution is 7.89. The highest BCUT2D eigenvalue weighted by atomic mass is 35.5. The standard InChI is InChI=1S/C17H27N3O3S.ClH/c1-2-10-18-11-12-19-17(21)15-8-13-20(14-9-15)24(22,23)16-6-4-3-5-7-16;/h3-7,15,18H,2,8-14H2,1H3,(H,19,21);1H. The second-order valence-corrected chi connectivity index (χ2v) is 7.97. The van der Waals surface area contributed by atoms with Gasteiger partial charge in [-0.3, -0.25) is 4.79 Å². The summed E-state index contributed by atoms with van der Waals surface area (Å²) in [5, 5.41) is 6.16. The smallest absolute Gasteiger partial charge is 0.243 e. The third kappa shape index (κ3) is 6.26. The van der Waals surface area contributed by atoms with Gasteiger partial charge in [0.05, 0.1) is 4.90 Å². The fraction of sp³-hybridized carbons (Fsp3) is 0.588. The van der Waals surface area contributed by atoms with Crippen LogP contribution < -0.4 is 10.6 Å². The molecule has 0 atom stereocenters. The number of sulfonamides is 1. The third-order valence-corrected chi connectivity index (χ3v) is 6.15. The van der Waals surface area contributed by atoms with Crippen molar-refractivity contribution in [2.75, 3.05) is 32.7 Å². The fourth-order valence-electron chi connectivity index (χ4n) is 2.82. The van der Waals surface area contributed by atoms with E-state index in [4.69, 9.17) is 0 Å². The number of hydrogen-bond acceptors (Lipinski definition) is 4. The average Bonchev–Trinajstić information content (AvgIpc) is 2.62. The molecule has 0 aliphatic carbocycles. The van der Waals surface area contributed by atoms with Gasteiger partial charge in [0, 0.05) is 32.1 Å². The number of carbonyl (C=O) groups is 1. The van der Waals surface area contributed by atoms with E-state index in [9.17, 15) is 13.2 Å². The Bertz CT molecular complexity index is 617. The summed E-state index contributed by atoms with van der Waals surface area (Å²) in [5.74, 6) is -0.0662. The Kier molecular flexibility index (Phi) is 9.42. The maximum atomic E-state index is 12.6. The first kappa shape index (κ1) is 21.9. The van der Waals surface area contributed by atoms with Gasteiger partial charge in [0.15, 0.2) is 0 Å². The first-order chi connectivity index (χ1) is 11.6. The summed E-state index contributed by atoms with van der Waals surface area (Å²) in [5.41, 5.74) is 0. The SMILES string of the molecule is CCCNCCNC(=O)C1CCN(S(=O)(=O)c2ccccc2)CC1.Cl. The molecule has 1 aromatic carbocycles. The molecule has 2 N–H and O–H groups in total. The maximum absolute atomic E-state index is 12.6. The summed E-state index contributed by atoms with van der Waals surface area (Å²) in [7, 11) is -3.45. The van der Waals surface area contributed by atoms with Crippen LogP contribution in [0.5, 0.6) is 0 Å². The third-order valence-electron chi connectivity index (χ3n) is 4.23. The number of benzene rings is 1. The Morgan fingerprint density at radius 2 is 1.76 bits per heavy atom. The van der Waals surface area contributed by atoms with Gasteiger partial charge in [0.2, 0.25) is 15.9 Å². The van der Waals surface area contributed by atoms with Gasteiger partial charge in [-0.25, -0.2) is 8.42 Å². The first-order valence-corrected chi connectivity index (χ1v) is 10.0. The number of piperidine rings is 1. The van der Waals surface area contributed by atoms with Crippen LogP contribution in [0.15, 0.2) is 35.2 Å². The molecule has 0 spiro atoms. The zero-order valence-corrected chi connectivity index (χ0v) is 16.2. The predicted octanol–water partition coefficient (Wildman–Crippen LogP) is 1.62. The van der Waals surface area contributed by atoms with Crippen LogP contribution in [-0.2, 0) is 14.8 Å². The van der Waals surface area contributed by atoms with Crippen molar-refractivity contribution in [2.24, 2.45) is 5.92 Å². The lowest BCUT2D eigenvalue weighted by Gasteiger charge is -2.30. The van der Waals surface area contributed by atoms with E-state index in [0.717, 1.165) is 19.5 Å². The van der Waals surface area contributed by atoms with Crippen LogP contribution >= 0.6 is 12.4 Å². The summed E-state index contributed by atoms with van der Waals surface area (Å²) in [6.07, 6.45) is 2.21. The van der Waals surface area contributed by atoms with Crippen LogP contribution in [0.4, 0.5) is 0 Å². The molecule has 1 saturated heterocycles. The summed E-state index contributed by atoms with van der Waals surface area (Å²) >= 11 is 0. The highest BCUT2D eigenvalue weighted by Crippen LogP contribution is 2.23. The molecule has 1 aliphatic rings. The molecule has 1 aromatic rings. The van der Waals surface area contributed by atoms with E-state index in [1.807, 2.05) is 0 Å². The predicted molar refractivity (Wildman–Crippen MR) is 101 cm³/mol. The second kappa shape index (κ2) is 10.8. The van der Waals surface area contributed by atoms with Gasteiger partial charge in [-0.15, -0.1) is 12.4 Å². The van der Waals surface area contributed by atoms with Gasteiger partial charge in [0.25, 0.3) is 0 Å². The molecule has 2 rings (SSSR count). The first-order valence-electron chi connectivity index (χ1n) is 8.59. The Morgan fingerprint density at radius 1 is 1.12 bits per heavy atom. The molecule has 0 radical (unpaired) electrons. The van der Waals surface area contributed by atoms with Gasteiger partial charge in [-0.2, -0.15) is 4.31 Å². The normalized spacial score (nSPS) is 16.2. The molecule has 1 heterocycles. The zero-order chi connectivity index (χ0) is 17.4. The molecular weight excluding hydrogens is 362 g/mol. The van der Waals surface area contributed by atoms with Gasteiger partial charge in [-0.05, 0) is 37.9 Å². The van der Waals surface area contributed by atoms with Crippen LogP contribution in [0.1, 0.15) is 26.2 Å². The lowest BCUT2D eigenvalue weighted by atomic mass is 9.97. The molecule has 0 bridgehead atoms. The van der Waals surface area contributed by atoms with Crippen LogP contribution in [0, 0.1) is 5.92 Å². The number of rotatable bonds is 8. The van der Waals surface area contributed by atoms with Gasteiger partial charge in [-0.1, -0.05) is 25.1 Å².